The minimum atomic E-state index is -0.109. The second kappa shape index (κ2) is 9.76. The Labute approximate surface area is 192 Å². The molecule has 1 aromatic heterocycles. The molecule has 3 rings (SSSR count). The van der Waals surface area contributed by atoms with E-state index in [4.69, 9.17) is 4.98 Å². The van der Waals surface area contributed by atoms with Crippen molar-refractivity contribution in [1.29, 1.82) is 0 Å². The number of aromatic amines is 1. The van der Waals surface area contributed by atoms with Gasteiger partial charge in [-0.2, -0.15) is 0 Å². The van der Waals surface area contributed by atoms with Crippen molar-refractivity contribution in [3.63, 3.8) is 0 Å². The van der Waals surface area contributed by atoms with Crippen LogP contribution in [-0.4, -0.2) is 30.0 Å². The van der Waals surface area contributed by atoms with Gasteiger partial charge in [0.1, 0.15) is 5.82 Å². The van der Waals surface area contributed by atoms with Gasteiger partial charge in [0.2, 0.25) is 0 Å². The van der Waals surface area contributed by atoms with Gasteiger partial charge in [-0.3, -0.25) is 4.79 Å². The molecule has 0 unspecified atom stereocenters. The summed E-state index contributed by atoms with van der Waals surface area (Å²) >= 11 is 0. The van der Waals surface area contributed by atoms with E-state index in [2.05, 4.69) is 51.0 Å². The molecular formula is C27H38N4O. The summed E-state index contributed by atoms with van der Waals surface area (Å²) in [7, 11) is 3.97. The second-order valence-corrected chi connectivity index (χ2v) is 9.96. The van der Waals surface area contributed by atoms with Crippen molar-refractivity contribution in [3.05, 3.63) is 53.3 Å². The fourth-order valence-electron chi connectivity index (χ4n) is 4.16. The van der Waals surface area contributed by atoms with Crippen molar-refractivity contribution in [1.82, 2.24) is 9.97 Å². The molecule has 0 fully saturated rings. The quantitative estimate of drug-likeness (QED) is 0.407. The first kappa shape index (κ1) is 23.8. The van der Waals surface area contributed by atoms with Gasteiger partial charge in [-0.15, -0.1) is 0 Å². The number of benzene rings is 2. The maximum atomic E-state index is 13.0. The normalized spacial score (nSPS) is 11.9. The van der Waals surface area contributed by atoms with E-state index < -0.39 is 0 Å². The number of imidazole rings is 1. The van der Waals surface area contributed by atoms with Crippen LogP contribution in [0.4, 0.5) is 11.4 Å². The molecule has 172 valence electrons. The Morgan fingerprint density at radius 2 is 1.69 bits per heavy atom. The number of amides is 1. The Kier molecular flexibility index (Phi) is 7.27. The zero-order valence-electron chi connectivity index (χ0n) is 20.7. The highest BCUT2D eigenvalue weighted by molar-refractivity contribution is 6.07. The smallest absolute Gasteiger partial charge is 0.255 e. The fraction of sp³-hybridized carbons (Fsp3) is 0.481. The number of carbonyl (C=O) groups is 1. The van der Waals surface area contributed by atoms with E-state index in [-0.39, 0.29) is 11.3 Å². The maximum Gasteiger partial charge on any atom is 0.255 e. The number of nitrogens with one attached hydrogen (secondary N) is 2. The van der Waals surface area contributed by atoms with E-state index in [1.54, 1.807) is 0 Å². The number of nitrogens with zero attached hydrogens (tertiary/aromatic N) is 2. The zero-order valence-corrected chi connectivity index (χ0v) is 20.7. The van der Waals surface area contributed by atoms with Crippen LogP contribution in [0, 0.1) is 0 Å². The molecule has 5 nitrogen and oxygen atoms in total. The molecule has 2 N–H and O–H groups in total. The fourth-order valence-corrected chi connectivity index (χ4v) is 4.16. The first-order chi connectivity index (χ1) is 15.1. The van der Waals surface area contributed by atoms with Crippen LogP contribution >= 0.6 is 0 Å². The van der Waals surface area contributed by atoms with Crippen LogP contribution < -0.4 is 10.2 Å². The molecule has 1 heterocycles. The third-order valence-corrected chi connectivity index (χ3v) is 6.02. The number of aromatic nitrogens is 2. The molecule has 0 saturated heterocycles. The molecule has 32 heavy (non-hydrogen) atoms. The summed E-state index contributed by atoms with van der Waals surface area (Å²) in [5, 5.41) is 3.12. The topological polar surface area (TPSA) is 61.0 Å². The van der Waals surface area contributed by atoms with Gasteiger partial charge in [-0.1, -0.05) is 59.6 Å². The number of anilines is 2. The molecule has 0 bridgehead atoms. The summed E-state index contributed by atoms with van der Waals surface area (Å²) in [6.45, 7) is 11.0. The molecule has 1 amide bonds. The Morgan fingerprint density at radius 1 is 1.06 bits per heavy atom. The number of fused-ring (bicyclic) bond motifs is 1. The maximum absolute atomic E-state index is 13.0. The van der Waals surface area contributed by atoms with E-state index in [0.29, 0.717) is 11.5 Å². The molecule has 0 aliphatic carbocycles. The summed E-state index contributed by atoms with van der Waals surface area (Å²) in [4.78, 5) is 23.5. The van der Waals surface area contributed by atoms with E-state index in [1.807, 2.05) is 49.3 Å². The average molecular weight is 435 g/mol. The zero-order chi connectivity index (χ0) is 23.5. The van der Waals surface area contributed by atoms with Crippen LogP contribution in [0.1, 0.15) is 88.0 Å². The Balaban J connectivity index is 1.92. The van der Waals surface area contributed by atoms with Crippen LogP contribution in [-0.2, 0) is 5.41 Å². The predicted octanol–water partition coefficient (Wildman–Crippen LogP) is 6.86. The van der Waals surface area contributed by atoms with Crippen LogP contribution in [0.5, 0.6) is 0 Å². The third-order valence-electron chi connectivity index (χ3n) is 6.02. The minimum absolute atomic E-state index is 0.0594. The molecule has 5 heteroatoms. The summed E-state index contributed by atoms with van der Waals surface area (Å²) in [6, 6.07) is 11.9. The highest BCUT2D eigenvalue weighted by Gasteiger charge is 2.18. The highest BCUT2D eigenvalue weighted by atomic mass is 16.1. The average Bonchev–Trinajstić information content (AvgIpc) is 3.15. The van der Waals surface area contributed by atoms with Gasteiger partial charge in [-0.05, 0) is 48.1 Å². The lowest BCUT2D eigenvalue weighted by molar-refractivity contribution is 0.102. The van der Waals surface area contributed by atoms with Crippen molar-refractivity contribution in [2.24, 2.45) is 0 Å². The minimum Gasteiger partial charge on any atom is -0.376 e. The van der Waals surface area contributed by atoms with E-state index >= 15 is 0 Å². The lowest BCUT2D eigenvalue weighted by Gasteiger charge is -2.20. The first-order valence-corrected chi connectivity index (χ1v) is 11.8. The molecule has 0 aliphatic heterocycles. The Morgan fingerprint density at radius 3 is 2.22 bits per heavy atom. The standard InChI is InChI=1S/C27H38N4O/c1-8-10-18(11-9-2)25-28-21-16-23(24(31(6)7)17-22(21)29-25)30-26(32)19-12-14-20(15-13-19)27(3,4)5/h12-18H,8-11H2,1-7H3,(H,28,29)(H,30,32). The second-order valence-electron chi connectivity index (χ2n) is 9.96. The van der Waals surface area contributed by atoms with Gasteiger partial charge in [-0.25, -0.2) is 4.98 Å². The summed E-state index contributed by atoms with van der Waals surface area (Å²) < 4.78 is 0. The molecule has 0 aliphatic rings. The van der Waals surface area contributed by atoms with Gasteiger partial charge < -0.3 is 15.2 Å². The number of hydrogen-bond acceptors (Lipinski definition) is 3. The molecular weight excluding hydrogens is 396 g/mol. The van der Waals surface area contributed by atoms with E-state index in [9.17, 15) is 4.79 Å². The Bertz CT molecular complexity index is 1050. The van der Waals surface area contributed by atoms with Gasteiger partial charge in [0.05, 0.1) is 22.4 Å². The van der Waals surface area contributed by atoms with Gasteiger partial charge in [0.25, 0.3) is 5.91 Å². The van der Waals surface area contributed by atoms with Crippen LogP contribution in [0.15, 0.2) is 36.4 Å². The van der Waals surface area contributed by atoms with Gasteiger partial charge in [0.15, 0.2) is 0 Å². The number of rotatable bonds is 8. The van der Waals surface area contributed by atoms with Crippen molar-refractivity contribution < 1.29 is 4.79 Å². The lowest BCUT2D eigenvalue weighted by atomic mass is 9.87. The van der Waals surface area contributed by atoms with Crippen molar-refractivity contribution >= 4 is 28.3 Å². The third kappa shape index (κ3) is 5.32. The molecule has 0 radical (unpaired) electrons. The number of carbonyl (C=O) groups excluding carboxylic acids is 1. The van der Waals surface area contributed by atoms with Crippen LogP contribution in [0.2, 0.25) is 0 Å². The summed E-state index contributed by atoms with van der Waals surface area (Å²) in [6.07, 6.45) is 4.53. The predicted molar refractivity (Wildman–Crippen MR) is 136 cm³/mol. The van der Waals surface area contributed by atoms with Crippen LogP contribution in [0.25, 0.3) is 11.0 Å². The van der Waals surface area contributed by atoms with E-state index in [1.165, 1.54) is 5.56 Å². The molecule has 0 spiro atoms. The lowest BCUT2D eigenvalue weighted by Crippen LogP contribution is -2.17. The largest absolute Gasteiger partial charge is 0.376 e. The van der Waals surface area contributed by atoms with E-state index in [0.717, 1.165) is 53.9 Å². The summed E-state index contributed by atoms with van der Waals surface area (Å²) in [5.74, 6) is 1.39. The van der Waals surface area contributed by atoms with Crippen molar-refractivity contribution in [2.75, 3.05) is 24.3 Å². The SMILES string of the molecule is CCCC(CCC)c1nc2cc(N(C)C)c(NC(=O)c3ccc(C(C)(C)C)cc3)cc2[nH]1. The Hall–Kier alpha value is -2.82. The van der Waals surface area contributed by atoms with Gasteiger partial charge >= 0.3 is 0 Å². The first-order valence-electron chi connectivity index (χ1n) is 11.8. The molecule has 0 atom stereocenters. The highest BCUT2D eigenvalue weighted by Crippen LogP contribution is 2.33. The summed E-state index contributed by atoms with van der Waals surface area (Å²) in [5.41, 5.74) is 5.55. The number of H-pyrrole nitrogens is 1. The monoisotopic (exact) mass is 434 g/mol. The number of hydrogen-bond donors (Lipinski definition) is 2. The van der Waals surface area contributed by atoms with Crippen molar-refractivity contribution in [3.8, 4) is 0 Å². The molecule has 2 aromatic carbocycles. The molecule has 0 saturated carbocycles. The molecule has 3 aromatic rings. The van der Waals surface area contributed by atoms with Crippen molar-refractivity contribution in [2.45, 2.75) is 71.6 Å². The van der Waals surface area contributed by atoms with Gasteiger partial charge in [0, 0.05) is 25.6 Å². The van der Waals surface area contributed by atoms with Crippen LogP contribution in [0.3, 0.4) is 0 Å².